The first-order chi connectivity index (χ1) is 11.7. The summed E-state index contributed by atoms with van der Waals surface area (Å²) in [5.41, 5.74) is 2.35. The molecule has 1 N–H and O–H groups in total. The fourth-order valence-electron chi connectivity index (χ4n) is 2.31. The number of ether oxygens (including phenoxy) is 3. The van der Waals surface area contributed by atoms with Crippen LogP contribution < -0.4 is 19.5 Å². The molecule has 2 aromatic carbocycles. The molecule has 0 aliphatic carbocycles. The molecular weight excluding hydrogens is 370 g/mol. The Hall–Kier alpha value is -1.72. The maximum Gasteiger partial charge on any atom is 0.175 e. The van der Waals surface area contributed by atoms with E-state index in [0.717, 1.165) is 46.8 Å². The first kappa shape index (κ1) is 18.6. The van der Waals surface area contributed by atoms with Crippen molar-refractivity contribution in [3.05, 3.63) is 52.0 Å². The molecule has 0 bridgehead atoms. The van der Waals surface area contributed by atoms with Crippen LogP contribution in [0, 0.1) is 0 Å². The van der Waals surface area contributed by atoms with E-state index in [9.17, 15) is 0 Å². The van der Waals surface area contributed by atoms with Gasteiger partial charge in [-0.1, -0.05) is 19.1 Å². The molecule has 0 aliphatic rings. The van der Waals surface area contributed by atoms with E-state index in [1.54, 1.807) is 14.2 Å². The molecular formula is C19H24BrNO3. The largest absolute Gasteiger partial charge is 0.497 e. The van der Waals surface area contributed by atoms with Gasteiger partial charge in [0.25, 0.3) is 0 Å². The lowest BCUT2D eigenvalue weighted by Gasteiger charge is -2.14. The summed E-state index contributed by atoms with van der Waals surface area (Å²) in [6.07, 6.45) is 0.959. The molecule has 0 saturated heterocycles. The van der Waals surface area contributed by atoms with Crippen LogP contribution in [0.4, 0.5) is 0 Å². The zero-order valence-corrected chi connectivity index (χ0v) is 16.0. The van der Waals surface area contributed by atoms with Gasteiger partial charge in [0.1, 0.15) is 5.75 Å². The predicted molar refractivity (Wildman–Crippen MR) is 100 cm³/mol. The van der Waals surface area contributed by atoms with Gasteiger partial charge in [-0.2, -0.15) is 0 Å². The first-order valence-corrected chi connectivity index (χ1v) is 8.80. The third-order valence-corrected chi connectivity index (χ3v) is 4.15. The summed E-state index contributed by atoms with van der Waals surface area (Å²) in [4.78, 5) is 0. The summed E-state index contributed by atoms with van der Waals surface area (Å²) in [5, 5.41) is 3.44. The lowest BCUT2D eigenvalue weighted by molar-refractivity contribution is 0.292. The molecule has 0 saturated carbocycles. The predicted octanol–water partition coefficient (Wildman–Crippen LogP) is 4.54. The van der Waals surface area contributed by atoms with Gasteiger partial charge >= 0.3 is 0 Å². The molecule has 0 amide bonds. The topological polar surface area (TPSA) is 39.7 Å². The van der Waals surface area contributed by atoms with Gasteiger partial charge in [0, 0.05) is 13.1 Å². The molecule has 0 aliphatic heterocycles. The molecule has 5 heteroatoms. The fourth-order valence-corrected chi connectivity index (χ4v) is 2.92. The summed E-state index contributed by atoms with van der Waals surface area (Å²) < 4.78 is 17.3. The number of rotatable bonds is 9. The van der Waals surface area contributed by atoms with Crippen LogP contribution in [0.1, 0.15) is 24.5 Å². The molecule has 0 fully saturated rings. The van der Waals surface area contributed by atoms with Crippen LogP contribution in [0.5, 0.6) is 17.2 Å². The van der Waals surface area contributed by atoms with E-state index in [4.69, 9.17) is 14.2 Å². The molecule has 2 rings (SSSR count). The Morgan fingerprint density at radius 2 is 1.67 bits per heavy atom. The maximum atomic E-state index is 5.75. The van der Waals surface area contributed by atoms with Gasteiger partial charge in [0.2, 0.25) is 0 Å². The SMILES string of the molecule is CCCOc1c(Br)cc(CNCc2ccc(OC)cc2)cc1OC. The highest BCUT2D eigenvalue weighted by atomic mass is 79.9. The van der Waals surface area contributed by atoms with E-state index in [1.807, 2.05) is 18.2 Å². The average Bonchev–Trinajstić information content (AvgIpc) is 2.61. The highest BCUT2D eigenvalue weighted by Crippen LogP contribution is 2.36. The number of benzene rings is 2. The van der Waals surface area contributed by atoms with Crippen LogP contribution in [-0.2, 0) is 13.1 Å². The first-order valence-electron chi connectivity index (χ1n) is 8.00. The zero-order chi connectivity index (χ0) is 17.4. The second-order valence-electron chi connectivity index (χ2n) is 5.41. The molecule has 0 aromatic heterocycles. The van der Waals surface area contributed by atoms with Crippen LogP contribution in [0.3, 0.4) is 0 Å². The van der Waals surface area contributed by atoms with Gasteiger partial charge < -0.3 is 19.5 Å². The standard InChI is InChI=1S/C19H24BrNO3/c1-4-9-24-19-17(20)10-15(11-18(19)23-3)13-21-12-14-5-7-16(22-2)8-6-14/h5-8,10-11,21H,4,9,12-13H2,1-3H3. The summed E-state index contributed by atoms with van der Waals surface area (Å²) in [7, 11) is 3.33. The highest BCUT2D eigenvalue weighted by molar-refractivity contribution is 9.10. The molecule has 0 radical (unpaired) electrons. The minimum Gasteiger partial charge on any atom is -0.497 e. The summed E-state index contributed by atoms with van der Waals surface area (Å²) in [6, 6.07) is 12.1. The van der Waals surface area contributed by atoms with Crippen molar-refractivity contribution in [3.63, 3.8) is 0 Å². The Bertz CT molecular complexity index is 644. The maximum absolute atomic E-state index is 5.75. The van der Waals surface area contributed by atoms with Crippen molar-refractivity contribution >= 4 is 15.9 Å². The van der Waals surface area contributed by atoms with Gasteiger partial charge in [0.15, 0.2) is 11.5 Å². The summed E-state index contributed by atoms with van der Waals surface area (Å²) in [6.45, 7) is 4.29. The van der Waals surface area contributed by atoms with Gasteiger partial charge in [-0.25, -0.2) is 0 Å². The Morgan fingerprint density at radius 1 is 0.958 bits per heavy atom. The Labute approximate surface area is 152 Å². The number of methoxy groups -OCH3 is 2. The van der Waals surface area contributed by atoms with Crippen molar-refractivity contribution in [1.82, 2.24) is 5.32 Å². The minimum absolute atomic E-state index is 0.671. The normalized spacial score (nSPS) is 10.5. The highest BCUT2D eigenvalue weighted by Gasteiger charge is 2.11. The van der Waals surface area contributed by atoms with Crippen molar-refractivity contribution in [2.75, 3.05) is 20.8 Å². The summed E-state index contributed by atoms with van der Waals surface area (Å²) >= 11 is 3.58. The average molecular weight is 394 g/mol. The molecule has 0 unspecified atom stereocenters. The van der Waals surface area contributed by atoms with Gasteiger partial charge in [-0.05, 0) is 57.7 Å². The van der Waals surface area contributed by atoms with E-state index in [0.29, 0.717) is 6.61 Å². The number of hydrogen-bond acceptors (Lipinski definition) is 4. The molecule has 0 spiro atoms. The lowest BCUT2D eigenvalue weighted by Crippen LogP contribution is -2.13. The van der Waals surface area contributed by atoms with Gasteiger partial charge in [-0.3, -0.25) is 0 Å². The third kappa shape index (κ3) is 5.14. The quantitative estimate of drug-likeness (QED) is 0.678. The smallest absolute Gasteiger partial charge is 0.175 e. The fraction of sp³-hybridized carbons (Fsp3) is 0.368. The monoisotopic (exact) mass is 393 g/mol. The molecule has 2 aromatic rings. The number of halogens is 1. The number of hydrogen-bond donors (Lipinski definition) is 1. The Balaban J connectivity index is 1.97. The molecule has 130 valence electrons. The van der Waals surface area contributed by atoms with Crippen molar-refractivity contribution in [1.29, 1.82) is 0 Å². The van der Waals surface area contributed by atoms with Crippen LogP contribution in [-0.4, -0.2) is 20.8 Å². The van der Waals surface area contributed by atoms with E-state index in [1.165, 1.54) is 5.56 Å². The van der Waals surface area contributed by atoms with E-state index < -0.39 is 0 Å². The van der Waals surface area contributed by atoms with Crippen LogP contribution in [0.2, 0.25) is 0 Å². The Kier molecular flexibility index (Phi) is 7.40. The Morgan fingerprint density at radius 3 is 2.29 bits per heavy atom. The van der Waals surface area contributed by atoms with Crippen molar-refractivity contribution in [2.45, 2.75) is 26.4 Å². The van der Waals surface area contributed by atoms with Crippen molar-refractivity contribution in [2.24, 2.45) is 0 Å². The van der Waals surface area contributed by atoms with Crippen LogP contribution in [0.15, 0.2) is 40.9 Å². The second kappa shape index (κ2) is 9.55. The van der Waals surface area contributed by atoms with E-state index >= 15 is 0 Å². The third-order valence-electron chi connectivity index (χ3n) is 3.56. The van der Waals surface area contributed by atoms with Gasteiger partial charge in [-0.15, -0.1) is 0 Å². The van der Waals surface area contributed by atoms with Crippen LogP contribution in [0.25, 0.3) is 0 Å². The second-order valence-corrected chi connectivity index (χ2v) is 6.26. The van der Waals surface area contributed by atoms with Crippen molar-refractivity contribution < 1.29 is 14.2 Å². The van der Waals surface area contributed by atoms with E-state index in [-0.39, 0.29) is 0 Å². The number of nitrogens with one attached hydrogen (secondary N) is 1. The molecule has 0 atom stereocenters. The van der Waals surface area contributed by atoms with Crippen molar-refractivity contribution in [3.8, 4) is 17.2 Å². The summed E-state index contributed by atoms with van der Waals surface area (Å²) in [5.74, 6) is 2.38. The molecule has 4 nitrogen and oxygen atoms in total. The molecule has 24 heavy (non-hydrogen) atoms. The minimum atomic E-state index is 0.671. The van der Waals surface area contributed by atoms with Crippen LogP contribution >= 0.6 is 15.9 Å². The molecule has 0 heterocycles. The lowest BCUT2D eigenvalue weighted by atomic mass is 10.1. The zero-order valence-electron chi connectivity index (χ0n) is 14.4. The van der Waals surface area contributed by atoms with Gasteiger partial charge in [0.05, 0.1) is 25.3 Å². The van der Waals surface area contributed by atoms with E-state index in [2.05, 4.69) is 46.4 Å².